The molecule has 1 aromatic heterocycles. The summed E-state index contributed by atoms with van der Waals surface area (Å²) in [5.74, 6) is -0.556. The van der Waals surface area contributed by atoms with Crippen LogP contribution in [-0.4, -0.2) is 30.0 Å². The number of ether oxygens (including phenoxy) is 1. The first-order chi connectivity index (χ1) is 11.1. The molecular weight excluding hydrogens is 316 g/mol. The lowest BCUT2D eigenvalue weighted by Gasteiger charge is -2.17. The Morgan fingerprint density at radius 3 is 2.91 bits per heavy atom. The second-order valence-corrected chi connectivity index (χ2v) is 5.56. The van der Waals surface area contributed by atoms with Crippen LogP contribution in [0.3, 0.4) is 0 Å². The van der Waals surface area contributed by atoms with Crippen LogP contribution < -0.4 is 4.90 Å². The summed E-state index contributed by atoms with van der Waals surface area (Å²) >= 11 is 5.73. The first kappa shape index (κ1) is 15.5. The zero-order chi connectivity index (χ0) is 16.2. The molecule has 118 valence electrons. The summed E-state index contributed by atoms with van der Waals surface area (Å²) in [5, 5.41) is 0.226. The van der Waals surface area contributed by atoms with Crippen molar-refractivity contribution in [3.05, 3.63) is 58.9 Å². The molecule has 2 heterocycles. The number of pyridine rings is 1. The van der Waals surface area contributed by atoms with Gasteiger partial charge in [-0.05, 0) is 30.2 Å². The normalized spacial score (nSPS) is 12.8. The van der Waals surface area contributed by atoms with E-state index in [1.165, 1.54) is 23.9 Å². The van der Waals surface area contributed by atoms with E-state index in [0.717, 1.165) is 12.1 Å². The van der Waals surface area contributed by atoms with Gasteiger partial charge in [-0.2, -0.15) is 0 Å². The second-order valence-electron chi connectivity index (χ2n) is 5.18. The van der Waals surface area contributed by atoms with Crippen LogP contribution in [0.4, 0.5) is 5.69 Å². The van der Waals surface area contributed by atoms with Gasteiger partial charge in [-0.25, -0.2) is 9.78 Å². The highest BCUT2D eigenvalue weighted by atomic mass is 35.5. The van der Waals surface area contributed by atoms with Gasteiger partial charge in [0.1, 0.15) is 11.8 Å². The summed E-state index contributed by atoms with van der Waals surface area (Å²) in [6, 6.07) is 10.8. The first-order valence-electron chi connectivity index (χ1n) is 7.32. The fourth-order valence-electron chi connectivity index (χ4n) is 2.58. The maximum atomic E-state index is 12.3. The number of halogens is 1. The molecule has 1 aliphatic heterocycles. The van der Waals surface area contributed by atoms with Crippen LogP contribution in [0.5, 0.6) is 0 Å². The number of hydrogen-bond acceptors (Lipinski definition) is 4. The molecule has 1 aromatic carbocycles. The highest BCUT2D eigenvalue weighted by molar-refractivity contribution is 6.29. The highest BCUT2D eigenvalue weighted by Gasteiger charge is 2.23. The van der Waals surface area contributed by atoms with Gasteiger partial charge >= 0.3 is 5.97 Å². The number of esters is 1. The van der Waals surface area contributed by atoms with E-state index in [-0.39, 0.29) is 24.1 Å². The van der Waals surface area contributed by atoms with Crippen molar-refractivity contribution in [3.8, 4) is 0 Å². The Bertz CT molecular complexity index is 748. The average Bonchev–Trinajstić information content (AvgIpc) is 2.98. The Morgan fingerprint density at radius 1 is 1.26 bits per heavy atom. The predicted octanol–water partition coefficient (Wildman–Crippen LogP) is 2.87. The van der Waals surface area contributed by atoms with E-state index in [4.69, 9.17) is 16.3 Å². The molecule has 3 rings (SSSR count). The Kier molecular flexibility index (Phi) is 4.57. The molecular formula is C17H15ClN2O3. The van der Waals surface area contributed by atoms with Gasteiger partial charge in [0.15, 0.2) is 0 Å². The van der Waals surface area contributed by atoms with E-state index in [0.29, 0.717) is 12.1 Å². The molecule has 0 saturated heterocycles. The van der Waals surface area contributed by atoms with E-state index >= 15 is 0 Å². The fraction of sp³-hybridized carbons (Fsp3) is 0.235. The smallest absolute Gasteiger partial charge is 0.338 e. The van der Waals surface area contributed by atoms with E-state index in [1.807, 2.05) is 24.3 Å². The molecule has 0 atom stereocenters. The van der Waals surface area contributed by atoms with Crippen molar-refractivity contribution < 1.29 is 14.3 Å². The van der Waals surface area contributed by atoms with Gasteiger partial charge in [0.05, 0.1) is 12.0 Å². The Morgan fingerprint density at radius 2 is 2.09 bits per heavy atom. The Hall–Kier alpha value is -2.40. The van der Waals surface area contributed by atoms with Crippen LogP contribution in [0.2, 0.25) is 5.15 Å². The zero-order valence-electron chi connectivity index (χ0n) is 12.4. The lowest BCUT2D eigenvalue weighted by atomic mass is 10.2. The summed E-state index contributed by atoms with van der Waals surface area (Å²) in [5.41, 5.74) is 2.44. The molecule has 6 heteroatoms. The summed E-state index contributed by atoms with van der Waals surface area (Å²) in [4.78, 5) is 29.7. The van der Waals surface area contributed by atoms with Crippen molar-refractivity contribution in [2.45, 2.75) is 12.8 Å². The van der Waals surface area contributed by atoms with E-state index in [2.05, 4.69) is 4.98 Å². The lowest BCUT2D eigenvalue weighted by molar-refractivity contribution is -0.119. The molecule has 0 radical (unpaired) electrons. The molecule has 0 fully saturated rings. The molecule has 2 aromatic rings. The maximum Gasteiger partial charge on any atom is 0.338 e. The van der Waals surface area contributed by atoms with Crippen molar-refractivity contribution in [2.75, 3.05) is 18.1 Å². The standard InChI is InChI=1S/C17H15ClN2O3/c18-15-11-13(5-8-19-15)17(22)23-10-7-16(21)20-9-6-12-3-1-2-4-14(12)20/h1-5,8,11H,6-7,9-10H2. The molecule has 0 bridgehead atoms. The van der Waals surface area contributed by atoms with Gasteiger partial charge in [0.25, 0.3) is 0 Å². The van der Waals surface area contributed by atoms with Gasteiger partial charge < -0.3 is 9.64 Å². The zero-order valence-corrected chi connectivity index (χ0v) is 13.1. The van der Waals surface area contributed by atoms with Gasteiger partial charge in [-0.3, -0.25) is 4.79 Å². The van der Waals surface area contributed by atoms with Crippen molar-refractivity contribution in [1.29, 1.82) is 0 Å². The molecule has 0 saturated carbocycles. The number of rotatable bonds is 4. The molecule has 0 unspecified atom stereocenters. The summed E-state index contributed by atoms with van der Waals surface area (Å²) in [6.45, 7) is 0.711. The quantitative estimate of drug-likeness (QED) is 0.639. The van der Waals surface area contributed by atoms with E-state index < -0.39 is 5.97 Å². The minimum Gasteiger partial charge on any atom is -0.462 e. The molecule has 0 aliphatic carbocycles. The second kappa shape index (κ2) is 6.79. The monoisotopic (exact) mass is 330 g/mol. The average molecular weight is 331 g/mol. The Labute approximate surface area is 138 Å². The lowest BCUT2D eigenvalue weighted by Crippen LogP contribution is -2.29. The summed E-state index contributed by atoms with van der Waals surface area (Å²) < 4.78 is 5.13. The van der Waals surface area contributed by atoms with Crippen LogP contribution in [0, 0.1) is 0 Å². The van der Waals surface area contributed by atoms with Crippen LogP contribution in [0.1, 0.15) is 22.3 Å². The van der Waals surface area contributed by atoms with Gasteiger partial charge in [-0.15, -0.1) is 0 Å². The molecule has 1 amide bonds. The molecule has 5 nitrogen and oxygen atoms in total. The number of aromatic nitrogens is 1. The van der Waals surface area contributed by atoms with Gasteiger partial charge in [-0.1, -0.05) is 29.8 Å². The van der Waals surface area contributed by atoms with Crippen LogP contribution >= 0.6 is 11.6 Å². The summed E-state index contributed by atoms with van der Waals surface area (Å²) in [7, 11) is 0. The molecule has 23 heavy (non-hydrogen) atoms. The summed E-state index contributed by atoms with van der Waals surface area (Å²) in [6.07, 6.45) is 2.45. The number of carbonyl (C=O) groups excluding carboxylic acids is 2. The Balaban J connectivity index is 1.53. The number of carbonyl (C=O) groups is 2. The van der Waals surface area contributed by atoms with Crippen LogP contribution in [-0.2, 0) is 16.0 Å². The third kappa shape index (κ3) is 3.51. The molecule has 1 aliphatic rings. The molecule has 0 N–H and O–H groups in total. The number of hydrogen-bond donors (Lipinski definition) is 0. The third-order valence-corrected chi connectivity index (χ3v) is 3.91. The van der Waals surface area contributed by atoms with Gasteiger partial charge in [0, 0.05) is 18.4 Å². The molecule has 0 spiro atoms. The topological polar surface area (TPSA) is 59.5 Å². The fourth-order valence-corrected chi connectivity index (χ4v) is 2.75. The van der Waals surface area contributed by atoms with Crippen molar-refractivity contribution in [2.24, 2.45) is 0 Å². The largest absolute Gasteiger partial charge is 0.462 e. The van der Waals surface area contributed by atoms with Crippen LogP contribution in [0.25, 0.3) is 0 Å². The SMILES string of the molecule is O=C(OCCC(=O)N1CCc2ccccc21)c1ccnc(Cl)c1. The number of nitrogens with zero attached hydrogens (tertiary/aromatic N) is 2. The number of para-hydroxylation sites is 1. The third-order valence-electron chi connectivity index (χ3n) is 3.70. The van der Waals surface area contributed by atoms with Crippen molar-refractivity contribution in [3.63, 3.8) is 0 Å². The highest BCUT2D eigenvalue weighted by Crippen LogP contribution is 2.27. The minimum absolute atomic E-state index is 0.0380. The first-order valence-corrected chi connectivity index (χ1v) is 7.70. The van der Waals surface area contributed by atoms with Crippen LogP contribution in [0.15, 0.2) is 42.6 Å². The number of benzene rings is 1. The number of amides is 1. The predicted molar refractivity (Wildman–Crippen MR) is 86.6 cm³/mol. The van der Waals surface area contributed by atoms with Gasteiger partial charge in [0.2, 0.25) is 5.91 Å². The number of anilines is 1. The van der Waals surface area contributed by atoms with E-state index in [9.17, 15) is 9.59 Å². The van der Waals surface area contributed by atoms with E-state index in [1.54, 1.807) is 4.90 Å². The van der Waals surface area contributed by atoms with Crippen molar-refractivity contribution in [1.82, 2.24) is 4.98 Å². The van der Waals surface area contributed by atoms with Crippen molar-refractivity contribution >= 4 is 29.2 Å². The minimum atomic E-state index is -0.510. The maximum absolute atomic E-state index is 12.3. The number of fused-ring (bicyclic) bond motifs is 1.